The van der Waals surface area contributed by atoms with Crippen LogP contribution in [0.25, 0.3) is 16.7 Å². The Morgan fingerprint density at radius 1 is 1.19 bits per heavy atom. The minimum absolute atomic E-state index is 0.122. The molecule has 4 rings (SSSR count). The van der Waals surface area contributed by atoms with Crippen LogP contribution in [-0.4, -0.2) is 30.1 Å². The third-order valence-electron chi connectivity index (χ3n) is 5.20. The minimum Gasteiger partial charge on any atom is -0.309 e. The largest absolute Gasteiger partial charge is 0.309 e. The summed E-state index contributed by atoms with van der Waals surface area (Å²) in [4.78, 5) is 34.6. The fraction of sp³-hybridized carbons (Fsp3) is 0.348. The number of halogens is 1. The topological polar surface area (TPSA) is 94.2 Å². The molecule has 0 spiro atoms. The van der Waals surface area contributed by atoms with Gasteiger partial charge in [0.25, 0.3) is 5.56 Å². The average Bonchev–Trinajstić information content (AvgIpc) is 3.18. The quantitative estimate of drug-likeness (QED) is 0.527. The number of nitrogens with zero attached hydrogens (tertiary/aromatic N) is 5. The molecule has 0 aromatic carbocycles. The van der Waals surface area contributed by atoms with Crippen LogP contribution in [0.1, 0.15) is 51.9 Å². The highest BCUT2D eigenvalue weighted by atomic mass is 19.1. The van der Waals surface area contributed by atoms with Crippen LogP contribution in [0.15, 0.2) is 41.3 Å². The number of hydrogen-bond donors (Lipinski definition) is 1. The van der Waals surface area contributed by atoms with Crippen LogP contribution in [0.5, 0.6) is 0 Å². The van der Waals surface area contributed by atoms with Gasteiger partial charge < -0.3 is 9.88 Å². The SMILES string of the molecule is CC(C)c1ccc2c(=O)n3nc(C(C)(C)C)cc3n(CC(=O)Nc3ccc(F)cn3)c2n1. The monoisotopic (exact) mass is 436 g/mol. The maximum Gasteiger partial charge on any atom is 0.283 e. The predicted molar refractivity (Wildman–Crippen MR) is 120 cm³/mol. The molecule has 0 radical (unpaired) electrons. The molecule has 0 unspecified atom stereocenters. The van der Waals surface area contributed by atoms with Crippen molar-refractivity contribution >= 4 is 28.4 Å². The Balaban J connectivity index is 1.89. The molecule has 0 saturated carbocycles. The van der Waals surface area contributed by atoms with Gasteiger partial charge in [-0.2, -0.15) is 9.61 Å². The van der Waals surface area contributed by atoms with E-state index in [0.717, 1.165) is 17.6 Å². The number of rotatable bonds is 4. The van der Waals surface area contributed by atoms with Crippen molar-refractivity contribution in [1.82, 2.24) is 24.1 Å². The van der Waals surface area contributed by atoms with E-state index in [-0.39, 0.29) is 35.2 Å². The molecule has 1 amide bonds. The highest BCUT2D eigenvalue weighted by Crippen LogP contribution is 2.24. The minimum atomic E-state index is -0.490. The molecule has 0 atom stereocenters. The number of amides is 1. The summed E-state index contributed by atoms with van der Waals surface area (Å²) in [5.41, 5.74) is 1.85. The second-order valence-electron chi connectivity index (χ2n) is 9.11. The van der Waals surface area contributed by atoms with Crippen LogP contribution >= 0.6 is 0 Å². The van der Waals surface area contributed by atoms with Crippen LogP contribution in [0, 0.1) is 5.82 Å². The van der Waals surface area contributed by atoms with Gasteiger partial charge in [0.15, 0.2) is 0 Å². The Bertz CT molecular complexity index is 1380. The second kappa shape index (κ2) is 7.81. The Morgan fingerprint density at radius 2 is 1.94 bits per heavy atom. The summed E-state index contributed by atoms with van der Waals surface area (Å²) in [6.45, 7) is 9.92. The van der Waals surface area contributed by atoms with E-state index >= 15 is 0 Å². The van der Waals surface area contributed by atoms with Gasteiger partial charge in [0.05, 0.1) is 17.3 Å². The lowest BCUT2D eigenvalue weighted by molar-refractivity contribution is -0.116. The van der Waals surface area contributed by atoms with Gasteiger partial charge in [-0.05, 0) is 30.2 Å². The Labute approximate surface area is 184 Å². The van der Waals surface area contributed by atoms with Gasteiger partial charge in [-0.25, -0.2) is 14.4 Å². The summed E-state index contributed by atoms with van der Waals surface area (Å²) >= 11 is 0. The second-order valence-corrected chi connectivity index (χ2v) is 9.11. The summed E-state index contributed by atoms with van der Waals surface area (Å²) in [7, 11) is 0. The molecule has 4 aromatic rings. The first-order valence-corrected chi connectivity index (χ1v) is 10.4. The van der Waals surface area contributed by atoms with E-state index in [4.69, 9.17) is 4.98 Å². The van der Waals surface area contributed by atoms with Crippen molar-refractivity contribution in [2.45, 2.75) is 52.5 Å². The van der Waals surface area contributed by atoms with Crippen molar-refractivity contribution in [1.29, 1.82) is 0 Å². The van der Waals surface area contributed by atoms with Gasteiger partial charge >= 0.3 is 0 Å². The van der Waals surface area contributed by atoms with E-state index < -0.39 is 5.82 Å². The average molecular weight is 436 g/mol. The van der Waals surface area contributed by atoms with Gasteiger partial charge in [-0.3, -0.25) is 9.59 Å². The number of anilines is 1. The van der Waals surface area contributed by atoms with Crippen LogP contribution in [0.4, 0.5) is 10.2 Å². The van der Waals surface area contributed by atoms with Gasteiger partial charge in [0, 0.05) is 17.2 Å². The lowest BCUT2D eigenvalue weighted by Gasteiger charge is -2.14. The maximum atomic E-state index is 13.2. The van der Waals surface area contributed by atoms with Crippen LogP contribution in [0.3, 0.4) is 0 Å². The number of nitrogens with one attached hydrogen (secondary N) is 1. The van der Waals surface area contributed by atoms with E-state index in [0.29, 0.717) is 16.7 Å². The Kier molecular flexibility index (Phi) is 5.28. The van der Waals surface area contributed by atoms with Gasteiger partial charge in [-0.15, -0.1) is 0 Å². The number of carbonyl (C=O) groups excluding carboxylic acids is 1. The molecule has 0 aliphatic carbocycles. The van der Waals surface area contributed by atoms with Gasteiger partial charge in [0.1, 0.15) is 29.5 Å². The first kappa shape index (κ1) is 21.6. The lowest BCUT2D eigenvalue weighted by Crippen LogP contribution is -2.26. The summed E-state index contributed by atoms with van der Waals surface area (Å²) < 4.78 is 16.1. The number of aromatic nitrogens is 5. The highest BCUT2D eigenvalue weighted by Gasteiger charge is 2.23. The van der Waals surface area contributed by atoms with Crippen molar-refractivity contribution in [3.05, 3.63) is 64.1 Å². The third kappa shape index (κ3) is 3.98. The summed E-state index contributed by atoms with van der Waals surface area (Å²) in [6, 6.07) is 7.97. The normalized spacial score (nSPS) is 12.1. The van der Waals surface area contributed by atoms with Crippen molar-refractivity contribution in [2.75, 3.05) is 5.32 Å². The first-order valence-electron chi connectivity index (χ1n) is 10.4. The zero-order valence-corrected chi connectivity index (χ0v) is 18.7. The molecule has 1 N–H and O–H groups in total. The van der Waals surface area contributed by atoms with E-state index in [1.807, 2.05) is 46.8 Å². The molecule has 0 aliphatic heterocycles. The van der Waals surface area contributed by atoms with Crippen molar-refractivity contribution in [3.8, 4) is 0 Å². The van der Waals surface area contributed by atoms with Crippen LogP contribution in [0.2, 0.25) is 0 Å². The van der Waals surface area contributed by atoms with Crippen molar-refractivity contribution in [2.24, 2.45) is 0 Å². The van der Waals surface area contributed by atoms with E-state index in [2.05, 4.69) is 15.4 Å². The highest BCUT2D eigenvalue weighted by molar-refractivity contribution is 5.91. The van der Waals surface area contributed by atoms with Crippen molar-refractivity contribution < 1.29 is 9.18 Å². The molecule has 32 heavy (non-hydrogen) atoms. The lowest BCUT2D eigenvalue weighted by atomic mass is 9.93. The Hall–Kier alpha value is -3.62. The number of hydrogen-bond acceptors (Lipinski definition) is 5. The molecule has 0 saturated heterocycles. The molecule has 4 heterocycles. The van der Waals surface area contributed by atoms with Crippen LogP contribution in [-0.2, 0) is 16.8 Å². The van der Waals surface area contributed by atoms with E-state index in [9.17, 15) is 14.0 Å². The van der Waals surface area contributed by atoms with Crippen molar-refractivity contribution in [3.63, 3.8) is 0 Å². The molecule has 9 heteroatoms. The van der Waals surface area contributed by atoms with Gasteiger partial charge in [-0.1, -0.05) is 34.6 Å². The zero-order chi connectivity index (χ0) is 23.2. The molecule has 0 bridgehead atoms. The fourth-order valence-electron chi connectivity index (χ4n) is 3.39. The molecule has 8 nitrogen and oxygen atoms in total. The molecule has 4 aromatic heterocycles. The van der Waals surface area contributed by atoms with E-state index in [1.165, 1.54) is 16.6 Å². The van der Waals surface area contributed by atoms with E-state index in [1.54, 1.807) is 10.6 Å². The van der Waals surface area contributed by atoms with Gasteiger partial charge in [0.2, 0.25) is 5.91 Å². The standard InChI is InChI=1S/C23H25FN6O2/c1-13(2)16-8-7-15-21(26-16)29(12-19(31)27-18-9-6-14(24)11-25-18)20-10-17(23(3,4)5)28-30(20)22(15)32/h6-11,13H,12H2,1-5H3,(H,25,27,31). The summed E-state index contributed by atoms with van der Waals surface area (Å²) in [6.07, 6.45) is 1.03. The summed E-state index contributed by atoms with van der Waals surface area (Å²) in [5, 5.41) is 7.56. The first-order chi connectivity index (χ1) is 15.0. The zero-order valence-electron chi connectivity index (χ0n) is 18.7. The smallest absolute Gasteiger partial charge is 0.283 e. The third-order valence-corrected chi connectivity index (χ3v) is 5.20. The molecular weight excluding hydrogens is 411 g/mol. The summed E-state index contributed by atoms with van der Waals surface area (Å²) in [5.74, 6) is -0.495. The molecule has 166 valence electrons. The maximum absolute atomic E-state index is 13.2. The molecular formula is C23H25FN6O2. The number of carbonyl (C=O) groups is 1. The predicted octanol–water partition coefficient (Wildman–Crippen LogP) is 3.64. The number of pyridine rings is 2. The van der Waals surface area contributed by atoms with Crippen LogP contribution < -0.4 is 10.9 Å². The molecule has 0 fully saturated rings. The Morgan fingerprint density at radius 3 is 2.56 bits per heavy atom. The number of fused-ring (bicyclic) bond motifs is 2. The molecule has 0 aliphatic rings. The fourth-order valence-corrected chi connectivity index (χ4v) is 3.39.